The normalized spacial score (nSPS) is 13.8. The van der Waals surface area contributed by atoms with Crippen molar-refractivity contribution in [2.75, 3.05) is 0 Å². The van der Waals surface area contributed by atoms with E-state index in [0.29, 0.717) is 17.5 Å². The molecule has 12 rings (SSSR count). The summed E-state index contributed by atoms with van der Waals surface area (Å²) in [5.41, 5.74) is 13.6. The smallest absolute Gasteiger partial charge is 0.164 e. The number of para-hydroxylation sites is 2. The molecule has 0 amide bonds. The Balaban J connectivity index is 1.16. The van der Waals surface area contributed by atoms with Crippen LogP contribution in [0.5, 0.6) is 0 Å². The Bertz CT molecular complexity index is 3310. The van der Waals surface area contributed by atoms with Crippen molar-refractivity contribution >= 4 is 44.2 Å². The van der Waals surface area contributed by atoms with Gasteiger partial charge in [-0.05, 0) is 64.2 Å². The SMILES string of the molecule is C=C/C=C\C1=C(c2ccc3oc4cccc(-c5nc(-c6ccccc6)nc(-c6ccccc6)n5)c4c3c2)C2(c3ccccc3-c3ccccc32)c2nc3ccccc3n21. The molecule has 59 heavy (non-hydrogen) atoms. The minimum atomic E-state index is -0.716. The van der Waals surface area contributed by atoms with Gasteiger partial charge in [-0.2, -0.15) is 0 Å². The van der Waals surface area contributed by atoms with Crippen molar-refractivity contribution in [2.45, 2.75) is 5.41 Å². The van der Waals surface area contributed by atoms with Gasteiger partial charge in [0.25, 0.3) is 0 Å². The summed E-state index contributed by atoms with van der Waals surface area (Å²) in [6.07, 6.45) is 6.05. The molecule has 0 bridgehead atoms. The molecule has 4 heterocycles. The van der Waals surface area contributed by atoms with Gasteiger partial charge in [-0.3, -0.25) is 4.57 Å². The zero-order valence-electron chi connectivity index (χ0n) is 31.7. The number of benzene rings is 7. The van der Waals surface area contributed by atoms with Crippen molar-refractivity contribution in [1.82, 2.24) is 24.5 Å². The molecule has 0 atom stereocenters. The first-order valence-electron chi connectivity index (χ1n) is 19.8. The van der Waals surface area contributed by atoms with E-state index in [1.807, 2.05) is 84.9 Å². The minimum Gasteiger partial charge on any atom is -0.456 e. The van der Waals surface area contributed by atoms with E-state index >= 15 is 0 Å². The van der Waals surface area contributed by atoms with E-state index in [4.69, 9.17) is 24.4 Å². The van der Waals surface area contributed by atoms with Crippen LogP contribution in [-0.4, -0.2) is 24.5 Å². The van der Waals surface area contributed by atoms with Gasteiger partial charge >= 0.3 is 0 Å². The van der Waals surface area contributed by atoms with Crippen molar-refractivity contribution in [3.8, 4) is 45.3 Å². The second-order valence-corrected chi connectivity index (χ2v) is 15.0. The van der Waals surface area contributed by atoms with E-state index < -0.39 is 5.41 Å². The molecule has 0 fully saturated rings. The van der Waals surface area contributed by atoms with E-state index in [1.165, 1.54) is 22.3 Å². The van der Waals surface area contributed by atoms with Crippen LogP contribution in [0.2, 0.25) is 0 Å². The third-order valence-electron chi connectivity index (χ3n) is 11.8. The third-order valence-corrected chi connectivity index (χ3v) is 11.8. The fourth-order valence-electron chi connectivity index (χ4n) is 9.46. The van der Waals surface area contributed by atoms with Crippen LogP contribution >= 0.6 is 0 Å². The zero-order chi connectivity index (χ0) is 39.1. The lowest BCUT2D eigenvalue weighted by atomic mass is 9.69. The van der Waals surface area contributed by atoms with E-state index in [9.17, 15) is 0 Å². The van der Waals surface area contributed by atoms with Crippen molar-refractivity contribution in [3.05, 3.63) is 217 Å². The Morgan fingerprint density at radius 2 is 1.14 bits per heavy atom. The number of fused-ring (bicyclic) bond motifs is 12. The molecule has 10 aromatic rings. The largest absolute Gasteiger partial charge is 0.456 e. The molecule has 3 aromatic heterocycles. The van der Waals surface area contributed by atoms with Gasteiger partial charge in [0.05, 0.1) is 16.7 Å². The first-order chi connectivity index (χ1) is 29.2. The predicted molar refractivity (Wildman–Crippen MR) is 237 cm³/mol. The third kappa shape index (κ3) is 4.74. The van der Waals surface area contributed by atoms with Crippen molar-refractivity contribution in [1.29, 1.82) is 0 Å². The summed E-state index contributed by atoms with van der Waals surface area (Å²) in [7, 11) is 0. The maximum Gasteiger partial charge on any atom is 0.164 e. The number of nitrogens with zero attached hydrogens (tertiary/aromatic N) is 5. The van der Waals surface area contributed by atoms with E-state index in [1.54, 1.807) is 0 Å². The van der Waals surface area contributed by atoms with Crippen LogP contribution in [-0.2, 0) is 5.41 Å². The van der Waals surface area contributed by atoms with E-state index in [2.05, 4.69) is 114 Å². The van der Waals surface area contributed by atoms with Gasteiger partial charge in [0, 0.05) is 33.0 Å². The van der Waals surface area contributed by atoms with Crippen LogP contribution < -0.4 is 0 Å². The second-order valence-electron chi connectivity index (χ2n) is 15.0. The monoisotopic (exact) mass is 755 g/mol. The lowest BCUT2D eigenvalue weighted by molar-refractivity contribution is 0.669. The molecule has 1 spiro atoms. The van der Waals surface area contributed by atoms with Crippen molar-refractivity contribution in [3.63, 3.8) is 0 Å². The number of aromatic nitrogens is 5. The summed E-state index contributed by atoms with van der Waals surface area (Å²) in [5, 5.41) is 1.92. The number of rotatable bonds is 6. The highest BCUT2D eigenvalue weighted by molar-refractivity contribution is 6.15. The summed E-state index contributed by atoms with van der Waals surface area (Å²) < 4.78 is 9.01. The molecule has 1 aliphatic carbocycles. The Kier molecular flexibility index (Phi) is 7.19. The highest BCUT2D eigenvalue weighted by atomic mass is 16.3. The molecule has 1 aliphatic heterocycles. The lowest BCUT2D eigenvalue weighted by Crippen LogP contribution is -2.28. The average molecular weight is 756 g/mol. The maximum absolute atomic E-state index is 6.66. The topological polar surface area (TPSA) is 69.6 Å². The first-order valence-corrected chi connectivity index (χ1v) is 19.8. The number of allylic oxidation sites excluding steroid dienone is 5. The number of furan rings is 1. The van der Waals surface area contributed by atoms with Crippen LogP contribution in [0.4, 0.5) is 0 Å². The Morgan fingerprint density at radius 3 is 1.83 bits per heavy atom. The van der Waals surface area contributed by atoms with Crippen LogP contribution in [0.15, 0.2) is 199 Å². The van der Waals surface area contributed by atoms with Gasteiger partial charge in [0.1, 0.15) is 22.4 Å². The fourth-order valence-corrected chi connectivity index (χ4v) is 9.46. The van der Waals surface area contributed by atoms with Crippen LogP contribution in [0.25, 0.3) is 89.5 Å². The van der Waals surface area contributed by atoms with Gasteiger partial charge in [-0.25, -0.2) is 19.9 Å². The zero-order valence-corrected chi connectivity index (χ0v) is 31.7. The summed E-state index contributed by atoms with van der Waals surface area (Å²) in [4.78, 5) is 20.7. The molecule has 6 nitrogen and oxygen atoms in total. The lowest BCUT2D eigenvalue weighted by Gasteiger charge is -2.30. The molecule has 0 saturated heterocycles. The van der Waals surface area contributed by atoms with Gasteiger partial charge in [-0.1, -0.05) is 158 Å². The maximum atomic E-state index is 6.66. The molecule has 6 heteroatoms. The molecule has 0 N–H and O–H groups in total. The molecule has 276 valence electrons. The molecular formula is C53H33N5O. The number of imidazole rings is 1. The highest BCUT2D eigenvalue weighted by Crippen LogP contribution is 2.63. The Morgan fingerprint density at radius 1 is 0.525 bits per heavy atom. The Labute approximate surface area is 339 Å². The summed E-state index contributed by atoms with van der Waals surface area (Å²) in [6, 6.07) is 58.9. The highest BCUT2D eigenvalue weighted by Gasteiger charge is 2.55. The standard InChI is InChI=1S/C53H33N5O/c1-2-3-27-44-48(53(52-54-42-26-14-15-28-43(42)58(44)52)40-24-12-10-21-36(40)37-22-11-13-25-41(37)53)35-30-31-45-39(32-35)47-38(23-16-29-46(47)59-45)51-56-49(33-17-6-4-7-18-33)55-50(57-51)34-19-8-5-9-20-34/h2-32H,1H2/b27-3-. The summed E-state index contributed by atoms with van der Waals surface area (Å²) in [5.74, 6) is 2.77. The molecule has 0 radical (unpaired) electrons. The van der Waals surface area contributed by atoms with Crippen molar-refractivity contribution < 1.29 is 4.42 Å². The first kappa shape index (κ1) is 33.2. The summed E-state index contributed by atoms with van der Waals surface area (Å²) >= 11 is 0. The van der Waals surface area contributed by atoms with E-state index in [0.717, 1.165) is 72.3 Å². The molecular weight excluding hydrogens is 723 g/mol. The Hall–Kier alpha value is -7.96. The average Bonchev–Trinajstić information content (AvgIpc) is 4.03. The molecule has 0 saturated carbocycles. The molecule has 0 unspecified atom stereocenters. The van der Waals surface area contributed by atoms with Gasteiger partial charge < -0.3 is 4.42 Å². The number of hydrogen-bond acceptors (Lipinski definition) is 5. The van der Waals surface area contributed by atoms with Gasteiger partial charge in [0.2, 0.25) is 0 Å². The van der Waals surface area contributed by atoms with Gasteiger partial charge in [-0.15, -0.1) is 0 Å². The van der Waals surface area contributed by atoms with Crippen LogP contribution in [0, 0.1) is 0 Å². The molecule has 2 aliphatic rings. The molecule has 7 aromatic carbocycles. The minimum absolute atomic E-state index is 0.577. The van der Waals surface area contributed by atoms with Crippen LogP contribution in [0.1, 0.15) is 22.5 Å². The quantitative estimate of drug-likeness (QED) is 0.158. The van der Waals surface area contributed by atoms with Crippen molar-refractivity contribution in [2.24, 2.45) is 0 Å². The fraction of sp³-hybridized carbons (Fsp3) is 0.0189. The van der Waals surface area contributed by atoms with E-state index in [-0.39, 0.29) is 0 Å². The second kappa shape index (κ2) is 12.8. The summed E-state index contributed by atoms with van der Waals surface area (Å²) in [6.45, 7) is 4.08. The predicted octanol–water partition coefficient (Wildman–Crippen LogP) is 12.6. The number of hydrogen-bond donors (Lipinski definition) is 0. The van der Waals surface area contributed by atoms with Crippen LogP contribution in [0.3, 0.4) is 0 Å². The van der Waals surface area contributed by atoms with Gasteiger partial charge in [0.15, 0.2) is 17.5 Å².